The Balaban J connectivity index is 1.23. The van der Waals surface area contributed by atoms with Crippen LogP contribution in [0.3, 0.4) is 0 Å². The molecule has 7 nitrogen and oxygen atoms in total. The summed E-state index contributed by atoms with van der Waals surface area (Å²) in [5, 5.41) is 0.806. The standard InChI is InChI=1S/C24H26N4O3S/c1-26-16-4-5-17(26)12-19(11-16)31-18-8-6-15(7-9-18)28-14-25-20-13-22(32-23(20)24(28)30)27-10-2-3-21(27)29/h6-9,13-14,16-17,19H,2-5,10-12H2,1H3/t16-,17+,19+. The van der Waals surface area contributed by atoms with E-state index in [4.69, 9.17) is 4.74 Å². The number of aromatic nitrogens is 2. The summed E-state index contributed by atoms with van der Waals surface area (Å²) in [6, 6.07) is 10.8. The Labute approximate surface area is 190 Å². The van der Waals surface area contributed by atoms with Crippen molar-refractivity contribution in [1.29, 1.82) is 0 Å². The zero-order valence-corrected chi connectivity index (χ0v) is 18.9. The van der Waals surface area contributed by atoms with Crippen LogP contribution in [0.5, 0.6) is 5.75 Å². The van der Waals surface area contributed by atoms with Gasteiger partial charge in [-0.3, -0.25) is 14.2 Å². The van der Waals surface area contributed by atoms with Gasteiger partial charge in [0.15, 0.2) is 0 Å². The number of carbonyl (C=O) groups excluding carboxylic acids is 1. The largest absolute Gasteiger partial charge is 0.490 e. The fourth-order valence-electron chi connectivity index (χ4n) is 5.43. The highest BCUT2D eigenvalue weighted by molar-refractivity contribution is 7.22. The topological polar surface area (TPSA) is 67.7 Å². The highest BCUT2D eigenvalue weighted by atomic mass is 32.1. The van der Waals surface area contributed by atoms with E-state index in [9.17, 15) is 9.59 Å². The molecule has 2 bridgehead atoms. The number of hydrogen-bond donors (Lipinski definition) is 0. The van der Waals surface area contributed by atoms with E-state index < -0.39 is 0 Å². The van der Waals surface area contributed by atoms with Gasteiger partial charge in [0.2, 0.25) is 5.91 Å². The van der Waals surface area contributed by atoms with Crippen molar-refractivity contribution in [1.82, 2.24) is 14.5 Å². The van der Waals surface area contributed by atoms with Gasteiger partial charge < -0.3 is 14.5 Å². The quantitative estimate of drug-likeness (QED) is 0.608. The molecule has 6 rings (SSSR count). The lowest BCUT2D eigenvalue weighted by molar-refractivity contribution is -0.117. The Morgan fingerprint density at radius 3 is 2.53 bits per heavy atom. The van der Waals surface area contributed by atoms with Gasteiger partial charge in [-0.15, -0.1) is 11.3 Å². The minimum atomic E-state index is -0.113. The molecular weight excluding hydrogens is 424 g/mol. The maximum absolute atomic E-state index is 13.1. The Kier molecular flexibility index (Phi) is 4.80. The zero-order valence-electron chi connectivity index (χ0n) is 18.1. The van der Waals surface area contributed by atoms with Crippen LogP contribution in [-0.2, 0) is 4.79 Å². The summed E-state index contributed by atoms with van der Waals surface area (Å²) >= 11 is 1.35. The lowest BCUT2D eigenvalue weighted by atomic mass is 10.0. The third kappa shape index (κ3) is 3.33. The Bertz CT molecular complexity index is 1220. The Morgan fingerprint density at radius 2 is 1.84 bits per heavy atom. The Hall–Kier alpha value is -2.71. The summed E-state index contributed by atoms with van der Waals surface area (Å²) in [4.78, 5) is 34.0. The molecule has 166 valence electrons. The monoisotopic (exact) mass is 450 g/mol. The van der Waals surface area contributed by atoms with Crippen molar-refractivity contribution < 1.29 is 9.53 Å². The van der Waals surface area contributed by atoms with Crippen LogP contribution in [0.1, 0.15) is 38.5 Å². The first-order valence-electron chi connectivity index (χ1n) is 11.4. The van der Waals surface area contributed by atoms with Gasteiger partial charge in [-0.2, -0.15) is 0 Å². The van der Waals surface area contributed by atoms with Crippen LogP contribution in [0.25, 0.3) is 15.9 Å². The van der Waals surface area contributed by atoms with E-state index in [1.807, 2.05) is 30.3 Å². The number of anilines is 1. The molecule has 3 fully saturated rings. The maximum Gasteiger partial charge on any atom is 0.275 e. The molecule has 0 unspecified atom stereocenters. The molecule has 3 aliphatic rings. The number of amides is 1. The van der Waals surface area contributed by atoms with Crippen molar-refractivity contribution in [2.24, 2.45) is 0 Å². The second-order valence-electron chi connectivity index (χ2n) is 9.12. The first-order valence-corrected chi connectivity index (χ1v) is 12.2. The van der Waals surface area contributed by atoms with E-state index >= 15 is 0 Å². The van der Waals surface area contributed by atoms with Crippen LogP contribution >= 0.6 is 11.3 Å². The van der Waals surface area contributed by atoms with Gasteiger partial charge >= 0.3 is 0 Å². The van der Waals surface area contributed by atoms with Crippen molar-refractivity contribution >= 4 is 32.5 Å². The van der Waals surface area contributed by atoms with E-state index in [0.717, 1.165) is 35.7 Å². The van der Waals surface area contributed by atoms with Gasteiger partial charge in [0.1, 0.15) is 27.9 Å². The van der Waals surface area contributed by atoms with Crippen LogP contribution in [0.15, 0.2) is 41.5 Å². The third-order valence-corrected chi connectivity index (χ3v) is 8.37. The molecule has 3 atom stereocenters. The highest BCUT2D eigenvalue weighted by Gasteiger charge is 2.39. The molecule has 0 saturated carbocycles. The molecule has 0 spiro atoms. The molecule has 5 heterocycles. The molecule has 3 saturated heterocycles. The van der Waals surface area contributed by atoms with Crippen LogP contribution in [0.4, 0.5) is 5.00 Å². The SMILES string of the molecule is CN1[C@@H]2CC[C@H]1C[C@@H](Oc1ccc(-n3cnc4cc(N5CCCC5=O)sc4c3=O)cc1)C2. The molecule has 0 radical (unpaired) electrons. The predicted molar refractivity (Wildman–Crippen MR) is 125 cm³/mol. The van der Waals surface area contributed by atoms with Gasteiger partial charge in [0.25, 0.3) is 5.56 Å². The molecule has 1 aromatic carbocycles. The lowest BCUT2D eigenvalue weighted by Gasteiger charge is -2.36. The average Bonchev–Trinajstić information content (AvgIpc) is 3.45. The van der Waals surface area contributed by atoms with Gasteiger partial charge in [0, 0.05) is 25.0 Å². The predicted octanol–water partition coefficient (Wildman–Crippen LogP) is 3.58. The summed E-state index contributed by atoms with van der Waals surface area (Å²) in [7, 11) is 2.23. The number of rotatable bonds is 4. The molecular formula is C24H26N4O3S. The van der Waals surface area contributed by atoms with Crippen LogP contribution in [-0.4, -0.2) is 52.1 Å². The van der Waals surface area contributed by atoms with Crippen molar-refractivity contribution in [2.45, 2.75) is 56.7 Å². The fourth-order valence-corrected chi connectivity index (χ4v) is 6.52. The number of piperidine rings is 1. The summed E-state index contributed by atoms with van der Waals surface area (Å²) < 4.78 is 8.42. The normalized spacial score (nSPS) is 25.7. The van der Waals surface area contributed by atoms with E-state index in [1.165, 1.54) is 24.2 Å². The zero-order chi connectivity index (χ0) is 21.8. The Morgan fingerprint density at radius 1 is 1.09 bits per heavy atom. The second-order valence-corrected chi connectivity index (χ2v) is 10.2. The first kappa shape index (κ1) is 19.9. The summed E-state index contributed by atoms with van der Waals surface area (Å²) in [6.45, 7) is 0.708. The van der Waals surface area contributed by atoms with E-state index in [-0.39, 0.29) is 17.6 Å². The number of thiophene rings is 1. The molecule has 0 aliphatic carbocycles. The molecule has 3 aliphatic heterocycles. The van der Waals surface area contributed by atoms with Gasteiger partial charge in [-0.05, 0) is 69.5 Å². The first-order chi connectivity index (χ1) is 15.6. The molecule has 8 heteroatoms. The summed E-state index contributed by atoms with van der Waals surface area (Å²) in [6.07, 6.45) is 7.95. The van der Waals surface area contributed by atoms with Crippen molar-refractivity contribution in [3.05, 3.63) is 47.0 Å². The maximum atomic E-state index is 13.1. The number of benzene rings is 1. The van der Waals surface area contributed by atoms with Crippen LogP contribution in [0, 0.1) is 0 Å². The molecule has 1 amide bonds. The number of ether oxygens (including phenoxy) is 1. The van der Waals surface area contributed by atoms with E-state index in [2.05, 4.69) is 16.9 Å². The second kappa shape index (κ2) is 7.71. The molecule has 3 aromatic rings. The van der Waals surface area contributed by atoms with Gasteiger partial charge in [-0.1, -0.05) is 0 Å². The van der Waals surface area contributed by atoms with Crippen LogP contribution in [0.2, 0.25) is 0 Å². The lowest BCUT2D eigenvalue weighted by Crippen LogP contribution is -2.43. The van der Waals surface area contributed by atoms with E-state index in [0.29, 0.717) is 35.3 Å². The minimum absolute atomic E-state index is 0.113. The molecule has 2 aromatic heterocycles. The molecule has 32 heavy (non-hydrogen) atoms. The number of hydrogen-bond acceptors (Lipinski definition) is 6. The van der Waals surface area contributed by atoms with Crippen molar-refractivity contribution in [3.63, 3.8) is 0 Å². The fraction of sp³-hybridized carbons (Fsp3) is 0.458. The number of carbonyl (C=O) groups is 1. The minimum Gasteiger partial charge on any atom is -0.490 e. The third-order valence-electron chi connectivity index (χ3n) is 7.24. The summed E-state index contributed by atoms with van der Waals surface area (Å²) in [5.41, 5.74) is 1.29. The molecule has 0 N–H and O–H groups in total. The highest BCUT2D eigenvalue weighted by Crippen LogP contribution is 2.36. The smallest absolute Gasteiger partial charge is 0.275 e. The van der Waals surface area contributed by atoms with Crippen molar-refractivity contribution in [2.75, 3.05) is 18.5 Å². The van der Waals surface area contributed by atoms with Gasteiger partial charge in [-0.25, -0.2) is 4.98 Å². The summed E-state index contributed by atoms with van der Waals surface area (Å²) in [5.74, 6) is 0.959. The number of fused-ring (bicyclic) bond motifs is 3. The average molecular weight is 451 g/mol. The van der Waals surface area contributed by atoms with Crippen molar-refractivity contribution in [3.8, 4) is 11.4 Å². The van der Waals surface area contributed by atoms with E-state index in [1.54, 1.807) is 15.8 Å². The number of nitrogens with zero attached hydrogens (tertiary/aromatic N) is 4. The van der Waals surface area contributed by atoms with Crippen LogP contribution < -0.4 is 15.2 Å². The van der Waals surface area contributed by atoms with Gasteiger partial charge in [0.05, 0.1) is 11.2 Å².